The molecule has 0 N–H and O–H groups in total. The Morgan fingerprint density at radius 1 is 0.895 bits per heavy atom. The van der Waals surface area contributed by atoms with E-state index in [1.165, 1.54) is 49.6 Å². The van der Waals surface area contributed by atoms with Crippen molar-refractivity contribution in [1.82, 2.24) is 24.1 Å². The molecule has 0 spiro atoms. The molecule has 3 heterocycles. The predicted octanol–water partition coefficient (Wildman–Crippen LogP) is 7.54. The zero-order valence-electron chi connectivity index (χ0n) is 22.2. The molecule has 0 atom stereocenters. The van der Waals surface area contributed by atoms with Gasteiger partial charge in [0.15, 0.2) is 4.96 Å². The van der Waals surface area contributed by atoms with Crippen molar-refractivity contribution in [3.05, 3.63) is 66.9 Å². The van der Waals surface area contributed by atoms with Crippen LogP contribution in [0.4, 0.5) is 0 Å². The van der Waals surface area contributed by atoms with Crippen LogP contribution in [0.2, 0.25) is 0 Å². The van der Waals surface area contributed by atoms with Gasteiger partial charge in [0, 0.05) is 18.7 Å². The third kappa shape index (κ3) is 6.60. The van der Waals surface area contributed by atoms with Crippen LogP contribution in [0.5, 0.6) is 5.75 Å². The van der Waals surface area contributed by atoms with Crippen molar-refractivity contribution in [2.75, 3.05) is 13.2 Å². The highest BCUT2D eigenvalue weighted by Gasteiger charge is 2.18. The minimum Gasteiger partial charge on any atom is -0.494 e. The fourth-order valence-corrected chi connectivity index (χ4v) is 5.95. The second-order valence-electron chi connectivity index (χ2n) is 9.60. The molecule has 2 aromatic carbocycles. The first kappa shape index (κ1) is 26.4. The van der Waals surface area contributed by atoms with E-state index in [0.717, 1.165) is 52.8 Å². The molecule has 3 aromatic heterocycles. The summed E-state index contributed by atoms with van der Waals surface area (Å²) in [6.45, 7) is 4.97. The number of aromatic nitrogens is 5. The standard InChI is InChI=1S/C30H37N5O2S/c1-2-37-25-16-17-26-28(20-25)38-30-33-29(24-14-10-9-11-15-24)27(35(26)30)21-36-19-13-8-6-4-3-5-7-12-18-34-23-31-22-32-34/h9-11,14-17,20,22-23H,2-8,12-13,18-19,21H2,1H3. The van der Waals surface area contributed by atoms with Gasteiger partial charge in [-0.2, -0.15) is 5.10 Å². The van der Waals surface area contributed by atoms with Gasteiger partial charge in [0.2, 0.25) is 0 Å². The predicted molar refractivity (Wildman–Crippen MR) is 154 cm³/mol. The molecular weight excluding hydrogens is 494 g/mol. The lowest BCUT2D eigenvalue weighted by Crippen LogP contribution is -2.01. The zero-order valence-corrected chi connectivity index (χ0v) is 23.0. The Morgan fingerprint density at radius 3 is 2.45 bits per heavy atom. The molecule has 0 aliphatic heterocycles. The number of hydrogen-bond acceptors (Lipinski definition) is 6. The summed E-state index contributed by atoms with van der Waals surface area (Å²) < 4.78 is 17.3. The van der Waals surface area contributed by atoms with E-state index in [2.05, 4.69) is 50.9 Å². The van der Waals surface area contributed by atoms with E-state index < -0.39 is 0 Å². The van der Waals surface area contributed by atoms with Crippen LogP contribution in [0.1, 0.15) is 64.0 Å². The zero-order chi connectivity index (χ0) is 26.0. The van der Waals surface area contributed by atoms with E-state index in [9.17, 15) is 0 Å². The summed E-state index contributed by atoms with van der Waals surface area (Å²) in [5.74, 6) is 0.900. The van der Waals surface area contributed by atoms with Crippen LogP contribution in [0.15, 0.2) is 61.2 Å². The molecule has 0 amide bonds. The molecule has 5 aromatic rings. The first-order chi connectivity index (χ1) is 18.8. The Bertz CT molecular complexity index is 1390. The maximum atomic E-state index is 6.23. The van der Waals surface area contributed by atoms with Gasteiger partial charge in [-0.3, -0.25) is 9.08 Å². The Labute approximate surface area is 228 Å². The average Bonchev–Trinajstić information content (AvgIpc) is 3.66. The summed E-state index contributed by atoms with van der Waals surface area (Å²) in [4.78, 5) is 10.0. The number of hydrogen-bond donors (Lipinski definition) is 0. The fraction of sp³-hybridized carbons (Fsp3) is 0.433. The third-order valence-electron chi connectivity index (χ3n) is 6.80. The van der Waals surface area contributed by atoms with Crippen LogP contribution in [0.3, 0.4) is 0 Å². The molecule has 0 unspecified atom stereocenters. The highest BCUT2D eigenvalue weighted by molar-refractivity contribution is 7.23. The Hall–Kier alpha value is -3.23. The van der Waals surface area contributed by atoms with Gasteiger partial charge in [0.1, 0.15) is 18.4 Å². The highest BCUT2D eigenvalue weighted by atomic mass is 32.1. The third-order valence-corrected chi connectivity index (χ3v) is 7.81. The van der Waals surface area contributed by atoms with Gasteiger partial charge in [-0.05, 0) is 38.0 Å². The highest BCUT2D eigenvalue weighted by Crippen LogP contribution is 2.35. The molecule has 0 fully saturated rings. The monoisotopic (exact) mass is 531 g/mol. The van der Waals surface area contributed by atoms with Crippen molar-refractivity contribution < 1.29 is 9.47 Å². The maximum absolute atomic E-state index is 6.23. The number of rotatable bonds is 16. The molecule has 0 radical (unpaired) electrons. The second kappa shape index (κ2) is 13.5. The number of ether oxygens (including phenoxy) is 2. The normalized spacial score (nSPS) is 11.6. The van der Waals surface area contributed by atoms with Crippen LogP contribution in [0.25, 0.3) is 26.4 Å². The summed E-state index contributed by atoms with van der Waals surface area (Å²) in [5, 5.41) is 4.15. The summed E-state index contributed by atoms with van der Waals surface area (Å²) in [5.41, 5.74) is 4.41. The first-order valence-electron chi connectivity index (χ1n) is 13.9. The van der Waals surface area contributed by atoms with E-state index >= 15 is 0 Å². The van der Waals surface area contributed by atoms with Gasteiger partial charge < -0.3 is 9.47 Å². The van der Waals surface area contributed by atoms with Gasteiger partial charge >= 0.3 is 0 Å². The molecule has 200 valence electrons. The topological polar surface area (TPSA) is 66.5 Å². The Morgan fingerprint density at radius 2 is 1.68 bits per heavy atom. The van der Waals surface area contributed by atoms with Crippen LogP contribution >= 0.6 is 11.3 Å². The molecule has 5 rings (SSSR count). The summed E-state index contributed by atoms with van der Waals surface area (Å²) in [6.07, 6.45) is 13.3. The van der Waals surface area contributed by atoms with Crippen LogP contribution in [-0.2, 0) is 17.9 Å². The van der Waals surface area contributed by atoms with E-state index in [-0.39, 0.29) is 0 Å². The lowest BCUT2D eigenvalue weighted by atomic mass is 10.1. The van der Waals surface area contributed by atoms with Crippen molar-refractivity contribution in [3.8, 4) is 17.0 Å². The molecular formula is C30H37N5O2S. The summed E-state index contributed by atoms with van der Waals surface area (Å²) >= 11 is 1.70. The minimum atomic E-state index is 0.552. The van der Waals surface area contributed by atoms with Crippen LogP contribution in [-0.4, -0.2) is 37.4 Å². The van der Waals surface area contributed by atoms with Crippen LogP contribution in [0, 0.1) is 0 Å². The molecule has 0 saturated carbocycles. The maximum Gasteiger partial charge on any atom is 0.195 e. The second-order valence-corrected chi connectivity index (χ2v) is 10.6. The lowest BCUT2D eigenvalue weighted by molar-refractivity contribution is 0.114. The quantitative estimate of drug-likeness (QED) is 0.123. The van der Waals surface area contributed by atoms with Gasteiger partial charge in [0.05, 0.1) is 34.8 Å². The van der Waals surface area contributed by atoms with Crippen molar-refractivity contribution in [2.24, 2.45) is 0 Å². The van der Waals surface area contributed by atoms with Crippen molar-refractivity contribution in [2.45, 2.75) is 71.4 Å². The largest absolute Gasteiger partial charge is 0.494 e. The number of nitrogens with zero attached hydrogens (tertiary/aromatic N) is 5. The smallest absolute Gasteiger partial charge is 0.195 e. The molecule has 8 heteroatoms. The van der Waals surface area contributed by atoms with Gasteiger partial charge in [-0.15, -0.1) is 0 Å². The summed E-state index contributed by atoms with van der Waals surface area (Å²) in [6, 6.07) is 16.7. The van der Waals surface area contributed by atoms with E-state index in [0.29, 0.717) is 13.2 Å². The number of thiazole rings is 1. The SMILES string of the molecule is CCOc1ccc2c(c1)sc1nc(-c3ccccc3)c(COCCCCCCCCCCn3cncn3)n12. The molecule has 38 heavy (non-hydrogen) atoms. The number of aryl methyl sites for hydroxylation is 1. The van der Waals surface area contributed by atoms with Gasteiger partial charge in [0.25, 0.3) is 0 Å². The van der Waals surface area contributed by atoms with Crippen molar-refractivity contribution in [1.29, 1.82) is 0 Å². The van der Waals surface area contributed by atoms with E-state index in [4.69, 9.17) is 14.5 Å². The lowest BCUT2D eigenvalue weighted by Gasteiger charge is -2.08. The number of benzene rings is 2. The molecule has 0 aliphatic carbocycles. The van der Waals surface area contributed by atoms with Crippen molar-refractivity contribution in [3.63, 3.8) is 0 Å². The first-order valence-corrected chi connectivity index (χ1v) is 14.7. The fourth-order valence-electron chi connectivity index (χ4n) is 4.88. The Kier molecular flexibility index (Phi) is 9.39. The van der Waals surface area contributed by atoms with Crippen LogP contribution < -0.4 is 4.74 Å². The molecule has 0 aliphatic rings. The minimum absolute atomic E-state index is 0.552. The van der Waals surface area contributed by atoms with Gasteiger partial charge in [-0.1, -0.05) is 80.2 Å². The number of unbranched alkanes of at least 4 members (excludes halogenated alkanes) is 7. The number of imidazole rings is 1. The molecule has 0 bridgehead atoms. The molecule has 0 saturated heterocycles. The van der Waals surface area contributed by atoms with E-state index in [1.807, 2.05) is 23.7 Å². The molecule has 7 nitrogen and oxygen atoms in total. The van der Waals surface area contributed by atoms with E-state index in [1.54, 1.807) is 24.0 Å². The summed E-state index contributed by atoms with van der Waals surface area (Å²) in [7, 11) is 0. The Balaban J connectivity index is 1.11. The number of fused-ring (bicyclic) bond motifs is 3. The van der Waals surface area contributed by atoms with Gasteiger partial charge in [-0.25, -0.2) is 9.97 Å². The van der Waals surface area contributed by atoms with Crippen molar-refractivity contribution >= 4 is 26.5 Å². The average molecular weight is 532 g/mol.